The quantitative estimate of drug-likeness (QED) is 0.717. The molecule has 0 bridgehead atoms. The van der Waals surface area contributed by atoms with Gasteiger partial charge in [0.05, 0.1) is 18.0 Å². The third-order valence-electron chi connectivity index (χ3n) is 2.19. The molecule has 17 heavy (non-hydrogen) atoms. The van der Waals surface area contributed by atoms with Gasteiger partial charge in [-0.25, -0.2) is 4.39 Å². The second-order valence-corrected chi connectivity index (χ2v) is 3.32. The number of aromatic nitrogens is 2. The molecular formula is C11H6F4N2. The van der Waals surface area contributed by atoms with Crippen molar-refractivity contribution in [3.8, 4) is 11.1 Å². The summed E-state index contributed by atoms with van der Waals surface area (Å²) in [5.74, 6) is -1.29. The fraction of sp³-hybridized carbons (Fsp3) is 0.0909. The van der Waals surface area contributed by atoms with Gasteiger partial charge in [-0.3, -0.25) is 0 Å². The molecule has 0 aliphatic heterocycles. The Morgan fingerprint density at radius 2 is 1.71 bits per heavy atom. The van der Waals surface area contributed by atoms with E-state index in [1.54, 1.807) is 0 Å². The van der Waals surface area contributed by atoms with Gasteiger partial charge in [0.2, 0.25) is 0 Å². The molecule has 88 valence electrons. The molecule has 2 aromatic rings. The smallest absolute Gasteiger partial charge is 0.206 e. The highest BCUT2D eigenvalue weighted by Gasteiger charge is 2.34. The normalized spacial score (nSPS) is 11.5. The topological polar surface area (TPSA) is 25.8 Å². The number of nitrogens with zero attached hydrogens (tertiary/aromatic N) is 2. The first-order valence-electron chi connectivity index (χ1n) is 4.62. The van der Waals surface area contributed by atoms with E-state index in [4.69, 9.17) is 0 Å². The minimum atomic E-state index is -4.71. The summed E-state index contributed by atoms with van der Waals surface area (Å²) < 4.78 is 50.5. The van der Waals surface area contributed by atoms with Crippen LogP contribution in [-0.4, -0.2) is 10.2 Å². The minimum Gasteiger partial charge on any atom is -0.206 e. The van der Waals surface area contributed by atoms with Crippen molar-refractivity contribution in [2.24, 2.45) is 0 Å². The molecule has 0 amide bonds. The highest BCUT2D eigenvalue weighted by molar-refractivity contribution is 5.63. The summed E-state index contributed by atoms with van der Waals surface area (Å²) in [5, 5.41) is 7.06. The number of halogens is 4. The third-order valence-corrected chi connectivity index (χ3v) is 2.19. The van der Waals surface area contributed by atoms with E-state index < -0.39 is 17.6 Å². The van der Waals surface area contributed by atoms with E-state index in [9.17, 15) is 17.6 Å². The van der Waals surface area contributed by atoms with Crippen LogP contribution >= 0.6 is 0 Å². The SMILES string of the molecule is Fc1ccc(-c2ccnnc2)cc1C(F)(F)F. The molecule has 0 radical (unpaired) electrons. The minimum absolute atomic E-state index is 0.244. The highest BCUT2D eigenvalue weighted by Crippen LogP contribution is 2.33. The van der Waals surface area contributed by atoms with Crippen molar-refractivity contribution in [1.29, 1.82) is 0 Å². The van der Waals surface area contributed by atoms with Crippen LogP contribution in [0.5, 0.6) is 0 Å². The van der Waals surface area contributed by atoms with Crippen molar-refractivity contribution in [2.45, 2.75) is 6.18 Å². The largest absolute Gasteiger partial charge is 0.419 e. The van der Waals surface area contributed by atoms with E-state index in [0.29, 0.717) is 5.56 Å². The summed E-state index contributed by atoms with van der Waals surface area (Å²) in [7, 11) is 0. The van der Waals surface area contributed by atoms with Gasteiger partial charge in [-0.15, -0.1) is 0 Å². The van der Waals surface area contributed by atoms with Crippen molar-refractivity contribution in [1.82, 2.24) is 10.2 Å². The van der Waals surface area contributed by atoms with Gasteiger partial charge in [0.25, 0.3) is 0 Å². The molecule has 1 aromatic heterocycles. The van der Waals surface area contributed by atoms with E-state index in [0.717, 1.165) is 12.1 Å². The van der Waals surface area contributed by atoms with Crippen LogP contribution in [-0.2, 0) is 6.18 Å². The van der Waals surface area contributed by atoms with Gasteiger partial charge in [0.1, 0.15) is 5.82 Å². The number of hydrogen-bond acceptors (Lipinski definition) is 2. The van der Waals surface area contributed by atoms with Crippen molar-refractivity contribution >= 4 is 0 Å². The van der Waals surface area contributed by atoms with Gasteiger partial charge >= 0.3 is 6.18 Å². The predicted octanol–water partition coefficient (Wildman–Crippen LogP) is 3.30. The molecule has 6 heteroatoms. The van der Waals surface area contributed by atoms with Crippen LogP contribution in [0.3, 0.4) is 0 Å². The van der Waals surface area contributed by atoms with Crippen LogP contribution in [0, 0.1) is 5.82 Å². The van der Waals surface area contributed by atoms with E-state index in [-0.39, 0.29) is 5.56 Å². The average molecular weight is 242 g/mol. The third kappa shape index (κ3) is 2.41. The molecule has 0 atom stereocenters. The fourth-order valence-corrected chi connectivity index (χ4v) is 1.38. The molecule has 2 rings (SSSR count). The summed E-state index contributed by atoms with van der Waals surface area (Å²) in [6.45, 7) is 0. The Bertz CT molecular complexity index is 523. The summed E-state index contributed by atoms with van der Waals surface area (Å²) >= 11 is 0. The molecule has 0 saturated heterocycles. The number of rotatable bonds is 1. The number of benzene rings is 1. The van der Waals surface area contributed by atoms with E-state index in [1.165, 1.54) is 24.5 Å². The van der Waals surface area contributed by atoms with Crippen molar-refractivity contribution in [2.75, 3.05) is 0 Å². The number of hydrogen-bond donors (Lipinski definition) is 0. The van der Waals surface area contributed by atoms with Crippen LogP contribution < -0.4 is 0 Å². The van der Waals surface area contributed by atoms with Crippen molar-refractivity contribution in [3.63, 3.8) is 0 Å². The van der Waals surface area contributed by atoms with Gasteiger partial charge in [0, 0.05) is 5.56 Å². The molecule has 0 N–H and O–H groups in total. The zero-order valence-corrected chi connectivity index (χ0v) is 8.37. The summed E-state index contributed by atoms with van der Waals surface area (Å²) in [5.41, 5.74) is -0.592. The zero-order valence-electron chi connectivity index (χ0n) is 8.37. The van der Waals surface area contributed by atoms with E-state index >= 15 is 0 Å². The maximum atomic E-state index is 13.0. The van der Waals surface area contributed by atoms with Crippen LogP contribution in [0.2, 0.25) is 0 Å². The second-order valence-electron chi connectivity index (χ2n) is 3.32. The molecule has 1 aromatic carbocycles. The number of alkyl halides is 3. The average Bonchev–Trinajstić information content (AvgIpc) is 2.29. The molecule has 0 fully saturated rings. The highest BCUT2D eigenvalue weighted by atomic mass is 19.4. The first-order chi connectivity index (χ1) is 7.98. The van der Waals surface area contributed by atoms with Gasteiger partial charge < -0.3 is 0 Å². The molecule has 0 aliphatic rings. The van der Waals surface area contributed by atoms with Gasteiger partial charge in [-0.05, 0) is 23.8 Å². The van der Waals surface area contributed by atoms with Crippen LogP contribution in [0.15, 0.2) is 36.7 Å². The van der Waals surface area contributed by atoms with Crippen LogP contribution in [0.25, 0.3) is 11.1 Å². The van der Waals surface area contributed by atoms with Crippen LogP contribution in [0.1, 0.15) is 5.56 Å². The lowest BCUT2D eigenvalue weighted by atomic mass is 10.0. The van der Waals surface area contributed by atoms with Crippen molar-refractivity contribution < 1.29 is 17.6 Å². The van der Waals surface area contributed by atoms with Crippen LogP contribution in [0.4, 0.5) is 17.6 Å². The zero-order chi connectivity index (χ0) is 12.5. The maximum absolute atomic E-state index is 13.0. The van der Waals surface area contributed by atoms with Gasteiger partial charge in [0.15, 0.2) is 0 Å². The lowest BCUT2D eigenvalue weighted by Crippen LogP contribution is -2.08. The second kappa shape index (κ2) is 4.12. The summed E-state index contributed by atoms with van der Waals surface area (Å²) in [6, 6.07) is 4.31. The Hall–Kier alpha value is -1.98. The molecule has 1 heterocycles. The molecule has 0 aliphatic carbocycles. The maximum Gasteiger partial charge on any atom is 0.419 e. The first kappa shape index (κ1) is 11.5. The monoisotopic (exact) mass is 242 g/mol. The standard InChI is InChI=1S/C11H6F4N2/c12-10-2-1-7(5-9(10)11(13,14)15)8-3-4-16-17-6-8/h1-6H. The Morgan fingerprint density at radius 1 is 0.941 bits per heavy atom. The lowest BCUT2D eigenvalue weighted by Gasteiger charge is -2.09. The first-order valence-corrected chi connectivity index (χ1v) is 4.62. The molecule has 0 saturated carbocycles. The summed E-state index contributed by atoms with van der Waals surface area (Å²) in [4.78, 5) is 0. The van der Waals surface area contributed by atoms with Crippen molar-refractivity contribution in [3.05, 3.63) is 48.0 Å². The molecular weight excluding hydrogens is 236 g/mol. The fourth-order valence-electron chi connectivity index (χ4n) is 1.38. The Morgan fingerprint density at radius 3 is 2.29 bits per heavy atom. The Labute approximate surface area is 93.9 Å². The van der Waals surface area contributed by atoms with E-state index in [2.05, 4.69) is 10.2 Å². The Kier molecular flexibility index (Phi) is 2.79. The molecule has 2 nitrogen and oxygen atoms in total. The van der Waals surface area contributed by atoms with Gasteiger partial charge in [-0.1, -0.05) is 6.07 Å². The molecule has 0 unspecified atom stereocenters. The molecule has 0 spiro atoms. The van der Waals surface area contributed by atoms with Gasteiger partial charge in [-0.2, -0.15) is 23.4 Å². The lowest BCUT2D eigenvalue weighted by molar-refractivity contribution is -0.139. The summed E-state index contributed by atoms with van der Waals surface area (Å²) in [6.07, 6.45) is -2.04. The predicted molar refractivity (Wildman–Crippen MR) is 52.4 cm³/mol. The Balaban J connectivity index is 2.53. The van der Waals surface area contributed by atoms with E-state index in [1.807, 2.05) is 0 Å².